The van der Waals surface area contributed by atoms with Crippen molar-refractivity contribution in [3.8, 4) is 0 Å². The molecule has 1 atom stereocenters. The Morgan fingerprint density at radius 2 is 1.95 bits per heavy atom. The van der Waals surface area contributed by atoms with Crippen molar-refractivity contribution in [1.82, 2.24) is 19.2 Å². The van der Waals surface area contributed by atoms with Crippen LogP contribution in [0.25, 0.3) is 11.0 Å². The van der Waals surface area contributed by atoms with Crippen molar-refractivity contribution in [2.45, 2.75) is 38.1 Å². The molecule has 0 aromatic carbocycles. The Bertz CT molecular complexity index is 758. The first-order valence-corrected chi connectivity index (χ1v) is 7.93. The fourth-order valence-corrected chi connectivity index (χ4v) is 4.07. The molecule has 2 aliphatic rings. The molecular formula is C16H22N4O. The number of likely N-dealkylation sites (N-methyl/N-ethyl adjacent to an activating group) is 1. The van der Waals surface area contributed by atoms with E-state index in [1.807, 2.05) is 22.5 Å². The normalized spacial score (nSPS) is 22.9. The van der Waals surface area contributed by atoms with Crippen LogP contribution in [0.1, 0.15) is 36.4 Å². The number of rotatable bonds is 1. The molecule has 1 aliphatic heterocycles. The molecule has 5 heteroatoms. The monoisotopic (exact) mass is 286 g/mol. The Morgan fingerprint density at radius 3 is 2.67 bits per heavy atom. The van der Waals surface area contributed by atoms with E-state index in [2.05, 4.69) is 17.0 Å². The van der Waals surface area contributed by atoms with Gasteiger partial charge in [-0.3, -0.25) is 14.0 Å². The van der Waals surface area contributed by atoms with Gasteiger partial charge in [-0.2, -0.15) is 5.10 Å². The summed E-state index contributed by atoms with van der Waals surface area (Å²) in [5, 5.41) is 5.64. The van der Waals surface area contributed by atoms with Crippen LogP contribution in [-0.2, 0) is 19.9 Å². The predicted octanol–water partition coefficient (Wildman–Crippen LogP) is 1.49. The van der Waals surface area contributed by atoms with Crippen molar-refractivity contribution < 1.29 is 0 Å². The van der Waals surface area contributed by atoms with Gasteiger partial charge < -0.3 is 4.90 Å². The zero-order valence-electron chi connectivity index (χ0n) is 12.8. The maximum Gasteiger partial charge on any atom is 0.255 e. The van der Waals surface area contributed by atoms with Crippen LogP contribution >= 0.6 is 0 Å². The molecule has 2 aromatic rings. The molecule has 0 radical (unpaired) electrons. The highest BCUT2D eigenvalue weighted by Gasteiger charge is 2.28. The fraction of sp³-hybridized carbons (Fsp3) is 0.625. The summed E-state index contributed by atoms with van der Waals surface area (Å²) in [4.78, 5) is 15.4. The molecule has 4 rings (SSSR count). The highest BCUT2D eigenvalue weighted by molar-refractivity contribution is 5.80. The highest BCUT2D eigenvalue weighted by Crippen LogP contribution is 2.30. The van der Waals surface area contributed by atoms with E-state index in [1.54, 1.807) is 0 Å². The minimum Gasteiger partial charge on any atom is -0.304 e. The molecule has 1 unspecified atom stereocenters. The molecule has 0 amide bonds. The predicted molar refractivity (Wildman–Crippen MR) is 82.8 cm³/mol. The molecule has 21 heavy (non-hydrogen) atoms. The molecule has 0 bridgehead atoms. The van der Waals surface area contributed by atoms with Gasteiger partial charge >= 0.3 is 0 Å². The van der Waals surface area contributed by atoms with Crippen molar-refractivity contribution >= 4 is 11.0 Å². The quantitative estimate of drug-likeness (QED) is 0.798. The molecule has 1 aliphatic carbocycles. The average molecular weight is 286 g/mol. The molecule has 3 heterocycles. The lowest BCUT2D eigenvalue weighted by molar-refractivity contribution is 0.391. The van der Waals surface area contributed by atoms with Crippen LogP contribution in [0.4, 0.5) is 0 Å². The molecule has 0 spiro atoms. The van der Waals surface area contributed by atoms with Crippen molar-refractivity contribution in [3.05, 3.63) is 27.7 Å². The first-order valence-electron chi connectivity index (χ1n) is 7.93. The van der Waals surface area contributed by atoms with E-state index in [0.717, 1.165) is 50.0 Å². The SMILES string of the molecule is CN1CCC(n2c(=O)c3c(c4cnn(C)c42)CCCC3)C1. The molecule has 112 valence electrons. The second kappa shape index (κ2) is 4.70. The number of aromatic nitrogens is 3. The summed E-state index contributed by atoms with van der Waals surface area (Å²) in [5.74, 6) is 0. The van der Waals surface area contributed by atoms with Gasteiger partial charge in [0.1, 0.15) is 5.65 Å². The minimum absolute atomic E-state index is 0.237. The lowest BCUT2D eigenvalue weighted by Gasteiger charge is -2.22. The summed E-state index contributed by atoms with van der Waals surface area (Å²) >= 11 is 0. The smallest absolute Gasteiger partial charge is 0.255 e. The Labute approximate surface area is 124 Å². The lowest BCUT2D eigenvalue weighted by Crippen LogP contribution is -2.32. The number of fused-ring (bicyclic) bond motifs is 3. The summed E-state index contributed by atoms with van der Waals surface area (Å²) in [7, 11) is 4.08. The van der Waals surface area contributed by atoms with Crippen LogP contribution in [0.3, 0.4) is 0 Å². The third kappa shape index (κ3) is 1.87. The maximum absolute atomic E-state index is 13.1. The standard InChI is InChI=1S/C16H22N4O/c1-18-8-7-11(10-18)20-15-14(9-17-19(15)2)12-5-3-4-6-13(12)16(20)21/h9,11H,3-8,10H2,1-2H3. The van der Waals surface area contributed by atoms with Crippen molar-refractivity contribution in [2.24, 2.45) is 7.05 Å². The van der Waals surface area contributed by atoms with Crippen LogP contribution in [0.15, 0.2) is 11.0 Å². The summed E-state index contributed by atoms with van der Waals surface area (Å²) in [6.45, 7) is 2.02. The Kier molecular flexibility index (Phi) is 2.92. The van der Waals surface area contributed by atoms with Crippen LogP contribution in [0, 0.1) is 0 Å². The van der Waals surface area contributed by atoms with Crippen LogP contribution in [0.2, 0.25) is 0 Å². The van der Waals surface area contributed by atoms with Gasteiger partial charge in [0, 0.05) is 24.5 Å². The van der Waals surface area contributed by atoms with Gasteiger partial charge in [-0.1, -0.05) is 0 Å². The second-order valence-corrected chi connectivity index (χ2v) is 6.55. The van der Waals surface area contributed by atoms with Crippen LogP contribution in [-0.4, -0.2) is 39.4 Å². The molecule has 1 fully saturated rings. The number of nitrogens with zero attached hydrogens (tertiary/aromatic N) is 4. The van der Waals surface area contributed by atoms with E-state index in [1.165, 1.54) is 17.4 Å². The number of hydrogen-bond acceptors (Lipinski definition) is 3. The van der Waals surface area contributed by atoms with Gasteiger partial charge in [0.05, 0.1) is 12.2 Å². The van der Waals surface area contributed by atoms with Gasteiger partial charge in [-0.05, 0) is 51.3 Å². The van der Waals surface area contributed by atoms with E-state index >= 15 is 0 Å². The zero-order valence-corrected chi connectivity index (χ0v) is 12.8. The molecule has 0 N–H and O–H groups in total. The lowest BCUT2D eigenvalue weighted by atomic mass is 9.91. The van der Waals surface area contributed by atoms with Gasteiger partial charge in [0.25, 0.3) is 5.56 Å². The summed E-state index contributed by atoms with van der Waals surface area (Å²) in [6, 6.07) is 0.285. The van der Waals surface area contributed by atoms with Gasteiger partial charge in [-0.25, -0.2) is 0 Å². The van der Waals surface area contributed by atoms with Crippen molar-refractivity contribution in [3.63, 3.8) is 0 Å². The first-order chi connectivity index (χ1) is 10.2. The second-order valence-electron chi connectivity index (χ2n) is 6.55. The summed E-state index contributed by atoms with van der Waals surface area (Å²) in [5.41, 5.74) is 3.57. The van der Waals surface area contributed by atoms with Crippen molar-refractivity contribution in [1.29, 1.82) is 0 Å². The first kappa shape index (κ1) is 13.1. The van der Waals surface area contributed by atoms with Crippen LogP contribution in [0.5, 0.6) is 0 Å². The number of likely N-dealkylation sites (tertiary alicyclic amines) is 1. The molecular weight excluding hydrogens is 264 g/mol. The Hall–Kier alpha value is -1.62. The number of hydrogen-bond donors (Lipinski definition) is 0. The van der Waals surface area contributed by atoms with E-state index < -0.39 is 0 Å². The number of aryl methyl sites for hydroxylation is 2. The zero-order chi connectivity index (χ0) is 14.6. The highest BCUT2D eigenvalue weighted by atomic mass is 16.1. The largest absolute Gasteiger partial charge is 0.304 e. The van der Waals surface area contributed by atoms with E-state index in [9.17, 15) is 4.79 Å². The molecule has 0 saturated carbocycles. The Morgan fingerprint density at radius 1 is 1.19 bits per heavy atom. The van der Waals surface area contributed by atoms with E-state index in [-0.39, 0.29) is 11.6 Å². The maximum atomic E-state index is 13.1. The molecule has 5 nitrogen and oxygen atoms in total. The van der Waals surface area contributed by atoms with Gasteiger partial charge in [0.2, 0.25) is 0 Å². The average Bonchev–Trinajstić information content (AvgIpc) is 3.07. The third-order valence-electron chi connectivity index (χ3n) is 5.14. The fourth-order valence-electron chi connectivity index (χ4n) is 4.07. The summed E-state index contributed by atoms with van der Waals surface area (Å²) in [6.07, 6.45) is 7.29. The van der Waals surface area contributed by atoms with Gasteiger partial charge in [-0.15, -0.1) is 0 Å². The topological polar surface area (TPSA) is 43.1 Å². The van der Waals surface area contributed by atoms with Gasteiger partial charge in [0.15, 0.2) is 0 Å². The molecule has 2 aromatic heterocycles. The minimum atomic E-state index is 0.237. The van der Waals surface area contributed by atoms with Crippen molar-refractivity contribution in [2.75, 3.05) is 20.1 Å². The Balaban J connectivity index is 2.03. The number of pyridine rings is 1. The van der Waals surface area contributed by atoms with E-state index in [0.29, 0.717) is 0 Å². The summed E-state index contributed by atoms with van der Waals surface area (Å²) < 4.78 is 3.92. The van der Waals surface area contributed by atoms with Crippen LogP contribution < -0.4 is 5.56 Å². The third-order valence-corrected chi connectivity index (χ3v) is 5.14. The van der Waals surface area contributed by atoms with E-state index in [4.69, 9.17) is 0 Å². The molecule has 1 saturated heterocycles.